The van der Waals surface area contributed by atoms with Crippen LogP contribution in [0.2, 0.25) is 0 Å². The van der Waals surface area contributed by atoms with Crippen LogP contribution < -0.4 is 4.74 Å². The minimum Gasteiger partial charge on any atom is -0.481 e. The zero-order chi connectivity index (χ0) is 16.6. The van der Waals surface area contributed by atoms with Crippen molar-refractivity contribution in [2.75, 3.05) is 13.7 Å². The third kappa shape index (κ3) is 2.92. The molecule has 23 heavy (non-hydrogen) atoms. The lowest BCUT2D eigenvalue weighted by atomic mass is 10.0. The number of carbonyl (C=O) groups is 1. The Balaban J connectivity index is 1.91. The van der Waals surface area contributed by atoms with Crippen LogP contribution in [0.3, 0.4) is 0 Å². The molecule has 7 heteroatoms. The number of aryl methyl sites for hydroxylation is 1. The number of halogens is 1. The predicted octanol–water partition coefficient (Wildman–Crippen LogP) is 1.52. The van der Waals surface area contributed by atoms with Gasteiger partial charge in [-0.25, -0.2) is 9.07 Å². The molecule has 1 aromatic heterocycles. The van der Waals surface area contributed by atoms with Crippen molar-refractivity contribution >= 4 is 5.91 Å². The van der Waals surface area contributed by atoms with Gasteiger partial charge in [-0.3, -0.25) is 4.79 Å². The largest absolute Gasteiger partial charge is 0.481 e. The molecule has 1 aliphatic heterocycles. The summed E-state index contributed by atoms with van der Waals surface area (Å²) in [7, 11) is 3.18. The van der Waals surface area contributed by atoms with Crippen LogP contribution in [-0.2, 0) is 7.05 Å². The number of ether oxygens (including phenoxy) is 1. The number of β-amino-alcohol motifs (C(OH)–C–C–N with tert-alkyl or cyclic N) is 1. The van der Waals surface area contributed by atoms with Gasteiger partial charge in [0.2, 0.25) is 5.88 Å². The first-order valence-corrected chi connectivity index (χ1v) is 7.32. The molecule has 1 saturated heterocycles. The van der Waals surface area contributed by atoms with E-state index < -0.39 is 6.10 Å². The van der Waals surface area contributed by atoms with Crippen LogP contribution in [0.5, 0.6) is 5.88 Å². The average molecular weight is 319 g/mol. The quantitative estimate of drug-likeness (QED) is 0.931. The van der Waals surface area contributed by atoms with Crippen molar-refractivity contribution in [1.29, 1.82) is 0 Å². The second-order valence-electron chi connectivity index (χ2n) is 5.61. The zero-order valence-corrected chi connectivity index (χ0v) is 12.9. The van der Waals surface area contributed by atoms with Crippen molar-refractivity contribution in [3.05, 3.63) is 47.4 Å². The number of hydrogen-bond donors (Lipinski definition) is 1. The molecule has 122 valence electrons. The van der Waals surface area contributed by atoms with Gasteiger partial charge in [0.1, 0.15) is 5.82 Å². The van der Waals surface area contributed by atoms with Gasteiger partial charge in [0.25, 0.3) is 5.91 Å². The van der Waals surface area contributed by atoms with E-state index in [1.165, 1.54) is 28.8 Å². The molecule has 1 aliphatic rings. The van der Waals surface area contributed by atoms with Crippen molar-refractivity contribution in [3.8, 4) is 5.88 Å². The summed E-state index contributed by atoms with van der Waals surface area (Å²) < 4.78 is 20.1. The van der Waals surface area contributed by atoms with E-state index in [1.807, 2.05) is 0 Å². The number of aliphatic hydroxyl groups excluding tert-OH is 1. The summed E-state index contributed by atoms with van der Waals surface area (Å²) in [4.78, 5) is 14.3. The van der Waals surface area contributed by atoms with E-state index in [0.717, 1.165) is 0 Å². The molecule has 3 rings (SSSR count). The second-order valence-corrected chi connectivity index (χ2v) is 5.61. The highest BCUT2D eigenvalue weighted by Gasteiger charge is 2.37. The Bertz CT molecular complexity index is 731. The van der Waals surface area contributed by atoms with Gasteiger partial charge in [-0.15, -0.1) is 0 Å². The summed E-state index contributed by atoms with van der Waals surface area (Å²) in [5.41, 5.74) is 0.901. The molecule has 0 aliphatic carbocycles. The number of benzene rings is 1. The lowest BCUT2D eigenvalue weighted by Crippen LogP contribution is -2.32. The first kappa shape index (κ1) is 15.5. The average Bonchev–Trinajstić information content (AvgIpc) is 3.09. The van der Waals surface area contributed by atoms with Crippen molar-refractivity contribution in [2.45, 2.75) is 18.6 Å². The Morgan fingerprint density at radius 3 is 2.87 bits per heavy atom. The monoisotopic (exact) mass is 319 g/mol. The smallest absolute Gasteiger partial charge is 0.275 e. The molecular weight excluding hydrogens is 301 g/mol. The number of carbonyl (C=O) groups excluding carboxylic acids is 1. The topological polar surface area (TPSA) is 67.6 Å². The fourth-order valence-electron chi connectivity index (χ4n) is 2.96. The Morgan fingerprint density at radius 1 is 1.43 bits per heavy atom. The Labute approximate surface area is 133 Å². The number of rotatable bonds is 3. The zero-order valence-electron chi connectivity index (χ0n) is 12.9. The highest BCUT2D eigenvalue weighted by molar-refractivity contribution is 5.93. The molecule has 1 fully saturated rings. The number of aliphatic hydroxyl groups is 1. The lowest BCUT2D eigenvalue weighted by Gasteiger charge is -2.24. The Hall–Kier alpha value is -2.41. The second kappa shape index (κ2) is 6.00. The number of aromatic nitrogens is 2. The number of nitrogens with zero attached hydrogens (tertiary/aromatic N) is 3. The summed E-state index contributed by atoms with van der Waals surface area (Å²) in [6.07, 6.45) is -0.267. The summed E-state index contributed by atoms with van der Waals surface area (Å²) in [5.74, 6) is -0.207. The van der Waals surface area contributed by atoms with Gasteiger partial charge in [-0.2, -0.15) is 5.10 Å². The van der Waals surface area contributed by atoms with E-state index in [-0.39, 0.29) is 30.0 Å². The van der Waals surface area contributed by atoms with Crippen LogP contribution in [0.25, 0.3) is 0 Å². The fraction of sp³-hybridized carbons (Fsp3) is 0.375. The van der Waals surface area contributed by atoms with Crippen molar-refractivity contribution < 1.29 is 19.0 Å². The van der Waals surface area contributed by atoms with Crippen LogP contribution in [0, 0.1) is 5.82 Å². The predicted molar refractivity (Wildman–Crippen MR) is 80.6 cm³/mol. The first-order chi connectivity index (χ1) is 11.0. The molecule has 1 aromatic carbocycles. The van der Waals surface area contributed by atoms with Gasteiger partial charge >= 0.3 is 0 Å². The standard InChI is InChI=1S/C16H18FN3O3/c1-19-15(23-2)8-13(18-19)16(22)20-9-12(21)7-14(20)10-4-3-5-11(17)6-10/h3-6,8,12,14,21H,7,9H2,1-2H3/t12-,14+/m0/s1. The van der Waals surface area contributed by atoms with Crippen LogP contribution in [0.1, 0.15) is 28.5 Å². The minimum atomic E-state index is -0.641. The van der Waals surface area contributed by atoms with E-state index in [4.69, 9.17) is 4.74 Å². The fourth-order valence-corrected chi connectivity index (χ4v) is 2.96. The van der Waals surface area contributed by atoms with Gasteiger partial charge in [0, 0.05) is 19.7 Å². The van der Waals surface area contributed by atoms with Crippen LogP contribution in [0.15, 0.2) is 30.3 Å². The molecule has 2 atom stereocenters. The summed E-state index contributed by atoms with van der Waals surface area (Å²) >= 11 is 0. The molecule has 2 aromatic rings. The van der Waals surface area contributed by atoms with Crippen LogP contribution in [0.4, 0.5) is 4.39 Å². The molecule has 0 saturated carbocycles. The lowest BCUT2D eigenvalue weighted by molar-refractivity contribution is 0.0709. The summed E-state index contributed by atoms with van der Waals surface area (Å²) in [6, 6.07) is 7.27. The Morgan fingerprint density at radius 2 is 2.22 bits per heavy atom. The number of methoxy groups -OCH3 is 1. The third-order valence-electron chi connectivity index (χ3n) is 4.04. The molecule has 1 amide bonds. The molecule has 6 nitrogen and oxygen atoms in total. The van der Waals surface area contributed by atoms with Crippen LogP contribution in [-0.4, -0.2) is 45.5 Å². The van der Waals surface area contributed by atoms with Crippen LogP contribution >= 0.6 is 0 Å². The molecule has 0 radical (unpaired) electrons. The number of likely N-dealkylation sites (tertiary alicyclic amines) is 1. The molecule has 0 spiro atoms. The molecule has 0 bridgehead atoms. The van der Waals surface area contributed by atoms with E-state index in [0.29, 0.717) is 17.9 Å². The molecule has 0 unspecified atom stereocenters. The van der Waals surface area contributed by atoms with Crippen molar-refractivity contribution in [1.82, 2.24) is 14.7 Å². The summed E-state index contributed by atoms with van der Waals surface area (Å²) in [5, 5.41) is 14.1. The molecule has 1 N–H and O–H groups in total. The number of amides is 1. The van der Waals surface area contributed by atoms with Crippen molar-refractivity contribution in [3.63, 3.8) is 0 Å². The van der Waals surface area contributed by atoms with Gasteiger partial charge in [-0.1, -0.05) is 12.1 Å². The maximum atomic E-state index is 13.5. The third-order valence-corrected chi connectivity index (χ3v) is 4.04. The van der Waals surface area contributed by atoms with E-state index in [9.17, 15) is 14.3 Å². The Kier molecular flexibility index (Phi) is 4.04. The van der Waals surface area contributed by atoms with Gasteiger partial charge in [-0.05, 0) is 24.1 Å². The van der Waals surface area contributed by atoms with Crippen molar-refractivity contribution in [2.24, 2.45) is 7.05 Å². The normalized spacial score (nSPS) is 20.8. The van der Waals surface area contributed by atoms with Gasteiger partial charge < -0.3 is 14.7 Å². The molecule has 2 heterocycles. The van der Waals surface area contributed by atoms with Gasteiger partial charge in [0.15, 0.2) is 5.69 Å². The minimum absolute atomic E-state index is 0.193. The van der Waals surface area contributed by atoms with E-state index in [1.54, 1.807) is 25.2 Å². The SMILES string of the molecule is COc1cc(C(=O)N2C[C@@H](O)C[C@@H]2c2cccc(F)c2)nn1C. The summed E-state index contributed by atoms with van der Waals surface area (Å²) in [6.45, 7) is 0.193. The molecular formula is C16H18FN3O3. The maximum absolute atomic E-state index is 13.5. The highest BCUT2D eigenvalue weighted by atomic mass is 19.1. The van der Waals surface area contributed by atoms with Gasteiger partial charge in [0.05, 0.1) is 19.3 Å². The highest BCUT2D eigenvalue weighted by Crippen LogP contribution is 2.33. The van der Waals surface area contributed by atoms with E-state index >= 15 is 0 Å². The number of hydrogen-bond acceptors (Lipinski definition) is 4. The maximum Gasteiger partial charge on any atom is 0.275 e. The first-order valence-electron chi connectivity index (χ1n) is 7.32. The van der Waals surface area contributed by atoms with E-state index in [2.05, 4.69) is 5.10 Å².